The van der Waals surface area contributed by atoms with Crippen LogP contribution in [0.5, 0.6) is 0 Å². The third-order valence-electron chi connectivity index (χ3n) is 2.21. The minimum Gasteiger partial charge on any atom is -0.385 e. The Morgan fingerprint density at radius 2 is 2.38 bits per heavy atom. The van der Waals surface area contributed by atoms with Gasteiger partial charge in [-0.05, 0) is 26.8 Å². The summed E-state index contributed by atoms with van der Waals surface area (Å²) in [5.41, 5.74) is 5.39. The topological polar surface area (TPSA) is 64.1 Å². The molecule has 1 aromatic rings. The molecule has 0 aliphatic rings. The van der Waals surface area contributed by atoms with Gasteiger partial charge in [0, 0.05) is 18.3 Å². The number of nitrogens with two attached hydrogens (primary N) is 1. The first-order chi connectivity index (χ1) is 6.10. The molecule has 0 aromatic carbocycles. The van der Waals surface area contributed by atoms with Crippen molar-refractivity contribution in [1.29, 1.82) is 0 Å². The summed E-state index contributed by atoms with van der Waals surface area (Å²) in [4.78, 5) is 0. The van der Waals surface area contributed by atoms with Crippen molar-refractivity contribution in [3.05, 3.63) is 18.0 Å². The summed E-state index contributed by atoms with van der Waals surface area (Å²) >= 11 is 0. The predicted octanol–water partition coefficient (Wildman–Crippen LogP) is 0.459. The summed E-state index contributed by atoms with van der Waals surface area (Å²) in [5, 5.41) is 14.1. The smallest absolute Gasteiger partial charge is 0.0910 e. The minimum atomic E-state index is -0.845. The van der Waals surface area contributed by atoms with Gasteiger partial charge in [0.05, 0.1) is 11.8 Å². The van der Waals surface area contributed by atoms with Crippen LogP contribution in [-0.4, -0.2) is 21.4 Å². The van der Waals surface area contributed by atoms with Crippen LogP contribution < -0.4 is 5.73 Å². The highest BCUT2D eigenvalue weighted by Crippen LogP contribution is 2.22. The first-order valence-electron chi connectivity index (χ1n) is 4.55. The molecule has 0 bridgehead atoms. The average Bonchev–Trinajstić information content (AvgIpc) is 2.52. The molecule has 1 atom stereocenters. The van der Waals surface area contributed by atoms with E-state index in [4.69, 9.17) is 5.73 Å². The molecule has 0 spiro atoms. The van der Waals surface area contributed by atoms with E-state index in [0.717, 1.165) is 12.1 Å². The molecule has 0 amide bonds. The van der Waals surface area contributed by atoms with Crippen LogP contribution in [0.1, 0.15) is 25.8 Å². The van der Waals surface area contributed by atoms with E-state index in [1.807, 2.05) is 13.1 Å². The van der Waals surface area contributed by atoms with E-state index in [0.29, 0.717) is 13.0 Å². The van der Waals surface area contributed by atoms with Gasteiger partial charge in [-0.2, -0.15) is 5.10 Å². The second-order valence-electron chi connectivity index (χ2n) is 3.40. The van der Waals surface area contributed by atoms with E-state index in [-0.39, 0.29) is 0 Å². The van der Waals surface area contributed by atoms with E-state index in [2.05, 4.69) is 5.10 Å². The zero-order chi connectivity index (χ0) is 9.90. The van der Waals surface area contributed by atoms with Crippen LogP contribution in [0.2, 0.25) is 0 Å². The molecule has 0 fully saturated rings. The fourth-order valence-electron chi connectivity index (χ4n) is 1.24. The van der Waals surface area contributed by atoms with Crippen molar-refractivity contribution in [2.24, 2.45) is 5.73 Å². The van der Waals surface area contributed by atoms with Crippen LogP contribution in [0.15, 0.2) is 12.4 Å². The van der Waals surface area contributed by atoms with Crippen LogP contribution in [0, 0.1) is 0 Å². The average molecular weight is 183 g/mol. The van der Waals surface area contributed by atoms with Gasteiger partial charge in [-0.25, -0.2) is 0 Å². The number of hydrogen-bond acceptors (Lipinski definition) is 3. The van der Waals surface area contributed by atoms with Crippen LogP contribution in [0.4, 0.5) is 0 Å². The van der Waals surface area contributed by atoms with Gasteiger partial charge in [0.15, 0.2) is 0 Å². The van der Waals surface area contributed by atoms with Crippen molar-refractivity contribution in [2.45, 2.75) is 32.4 Å². The molecule has 0 saturated heterocycles. The lowest BCUT2D eigenvalue weighted by molar-refractivity contribution is 0.0503. The van der Waals surface area contributed by atoms with Gasteiger partial charge in [-0.3, -0.25) is 4.68 Å². The van der Waals surface area contributed by atoms with Crippen molar-refractivity contribution in [2.75, 3.05) is 6.54 Å². The summed E-state index contributed by atoms with van der Waals surface area (Å²) in [6.07, 6.45) is 4.11. The minimum absolute atomic E-state index is 0.476. The lowest BCUT2D eigenvalue weighted by Gasteiger charge is -2.20. The van der Waals surface area contributed by atoms with Crippen molar-refractivity contribution in [1.82, 2.24) is 9.78 Å². The molecule has 0 aliphatic carbocycles. The molecule has 0 radical (unpaired) electrons. The molecule has 1 rings (SSSR count). The van der Waals surface area contributed by atoms with E-state index >= 15 is 0 Å². The number of aliphatic hydroxyl groups is 1. The second kappa shape index (κ2) is 3.89. The Labute approximate surface area is 78.4 Å². The molecular weight excluding hydrogens is 166 g/mol. The quantitative estimate of drug-likeness (QED) is 0.712. The molecule has 4 heteroatoms. The van der Waals surface area contributed by atoms with Crippen molar-refractivity contribution in [3.8, 4) is 0 Å². The maximum atomic E-state index is 9.96. The third-order valence-corrected chi connectivity index (χ3v) is 2.21. The van der Waals surface area contributed by atoms with E-state index in [9.17, 15) is 5.11 Å². The molecular formula is C9H17N3O. The second-order valence-corrected chi connectivity index (χ2v) is 3.40. The van der Waals surface area contributed by atoms with Gasteiger partial charge in [0.25, 0.3) is 0 Å². The van der Waals surface area contributed by atoms with Gasteiger partial charge in [0.1, 0.15) is 0 Å². The van der Waals surface area contributed by atoms with Gasteiger partial charge in [0.2, 0.25) is 0 Å². The molecule has 1 unspecified atom stereocenters. The number of aryl methyl sites for hydroxylation is 1. The summed E-state index contributed by atoms with van der Waals surface area (Å²) in [5.74, 6) is 0. The first kappa shape index (κ1) is 10.2. The molecule has 74 valence electrons. The monoisotopic (exact) mass is 183 g/mol. The number of aromatic nitrogens is 2. The van der Waals surface area contributed by atoms with Crippen molar-refractivity contribution >= 4 is 0 Å². The van der Waals surface area contributed by atoms with Gasteiger partial charge < -0.3 is 10.8 Å². The standard InChI is InChI=1S/C9H17N3O/c1-3-12-7-8(6-11-12)9(2,13)4-5-10/h6-7,13H,3-5,10H2,1-2H3. The number of nitrogens with zero attached hydrogens (tertiary/aromatic N) is 2. The third kappa shape index (κ3) is 2.29. The molecule has 0 saturated carbocycles. The Balaban J connectivity index is 2.80. The highest BCUT2D eigenvalue weighted by molar-refractivity contribution is 5.13. The van der Waals surface area contributed by atoms with Crippen LogP contribution >= 0.6 is 0 Å². The summed E-state index contributed by atoms with van der Waals surface area (Å²) in [6.45, 7) is 5.06. The molecule has 4 nitrogen and oxygen atoms in total. The highest BCUT2D eigenvalue weighted by atomic mass is 16.3. The Bertz CT molecular complexity index is 268. The van der Waals surface area contributed by atoms with Crippen molar-refractivity contribution < 1.29 is 5.11 Å². The summed E-state index contributed by atoms with van der Waals surface area (Å²) < 4.78 is 1.79. The zero-order valence-corrected chi connectivity index (χ0v) is 8.20. The first-order valence-corrected chi connectivity index (χ1v) is 4.55. The zero-order valence-electron chi connectivity index (χ0n) is 8.20. The summed E-state index contributed by atoms with van der Waals surface area (Å²) in [6, 6.07) is 0. The molecule has 1 aromatic heterocycles. The van der Waals surface area contributed by atoms with Crippen LogP contribution in [0.25, 0.3) is 0 Å². The summed E-state index contributed by atoms with van der Waals surface area (Å²) in [7, 11) is 0. The maximum absolute atomic E-state index is 9.96. The van der Waals surface area contributed by atoms with Gasteiger partial charge in [-0.1, -0.05) is 0 Å². The fourth-order valence-corrected chi connectivity index (χ4v) is 1.24. The molecule has 3 N–H and O–H groups in total. The number of rotatable bonds is 4. The lowest BCUT2D eigenvalue weighted by Crippen LogP contribution is -2.24. The molecule has 0 aliphatic heterocycles. The molecule has 13 heavy (non-hydrogen) atoms. The normalized spacial score (nSPS) is 15.7. The van der Waals surface area contributed by atoms with E-state index < -0.39 is 5.60 Å². The lowest BCUT2D eigenvalue weighted by atomic mass is 9.96. The van der Waals surface area contributed by atoms with Crippen molar-refractivity contribution in [3.63, 3.8) is 0 Å². The Hall–Kier alpha value is -0.870. The maximum Gasteiger partial charge on any atom is 0.0910 e. The fraction of sp³-hybridized carbons (Fsp3) is 0.667. The largest absolute Gasteiger partial charge is 0.385 e. The molecule has 1 heterocycles. The van der Waals surface area contributed by atoms with Crippen LogP contribution in [0.3, 0.4) is 0 Å². The van der Waals surface area contributed by atoms with E-state index in [1.165, 1.54) is 0 Å². The Morgan fingerprint density at radius 3 is 2.85 bits per heavy atom. The Kier molecular flexibility index (Phi) is 3.06. The van der Waals surface area contributed by atoms with Gasteiger partial charge in [-0.15, -0.1) is 0 Å². The Morgan fingerprint density at radius 1 is 1.69 bits per heavy atom. The van der Waals surface area contributed by atoms with Crippen LogP contribution in [-0.2, 0) is 12.1 Å². The number of hydrogen-bond donors (Lipinski definition) is 2. The predicted molar refractivity (Wildman–Crippen MR) is 51.1 cm³/mol. The highest BCUT2D eigenvalue weighted by Gasteiger charge is 2.23. The van der Waals surface area contributed by atoms with Gasteiger partial charge >= 0.3 is 0 Å². The van der Waals surface area contributed by atoms with E-state index in [1.54, 1.807) is 17.8 Å². The SMILES string of the molecule is CCn1cc(C(C)(O)CCN)cn1.